The molecular formula is C13H17BrINO2. The summed E-state index contributed by atoms with van der Waals surface area (Å²) >= 11 is 5.54. The van der Waals surface area contributed by atoms with Gasteiger partial charge in [0, 0.05) is 27.8 Å². The van der Waals surface area contributed by atoms with Gasteiger partial charge >= 0.3 is 0 Å². The molecule has 1 aromatic rings. The lowest BCUT2D eigenvalue weighted by Gasteiger charge is -2.07. The van der Waals surface area contributed by atoms with Crippen LogP contribution in [0.25, 0.3) is 0 Å². The Balaban J connectivity index is 2.34. The Morgan fingerprint density at radius 3 is 2.94 bits per heavy atom. The summed E-state index contributed by atoms with van der Waals surface area (Å²) in [5.74, 6) is -0.0313. The Kier molecular flexibility index (Phi) is 7.85. The second-order valence-electron chi connectivity index (χ2n) is 3.85. The number of hydrogen-bond acceptors (Lipinski definition) is 2. The molecule has 0 bridgehead atoms. The van der Waals surface area contributed by atoms with E-state index in [0.717, 1.165) is 27.5 Å². The van der Waals surface area contributed by atoms with E-state index in [1.54, 1.807) is 0 Å². The van der Waals surface area contributed by atoms with Crippen molar-refractivity contribution in [2.45, 2.75) is 19.8 Å². The summed E-state index contributed by atoms with van der Waals surface area (Å²) in [6, 6.07) is 5.69. The molecule has 0 aromatic heterocycles. The third kappa shape index (κ3) is 5.67. The van der Waals surface area contributed by atoms with Gasteiger partial charge in [0.05, 0.1) is 5.56 Å². The number of hydrogen-bond donors (Lipinski definition) is 1. The first kappa shape index (κ1) is 15.9. The molecule has 1 N–H and O–H groups in total. The first-order valence-corrected chi connectivity index (χ1v) is 7.83. The smallest absolute Gasteiger partial charge is 0.252 e. The van der Waals surface area contributed by atoms with Gasteiger partial charge in [-0.05, 0) is 53.6 Å². The second kappa shape index (κ2) is 8.87. The molecule has 0 heterocycles. The van der Waals surface area contributed by atoms with Crippen LogP contribution >= 0.6 is 38.5 Å². The maximum absolute atomic E-state index is 11.9. The molecule has 0 aliphatic carbocycles. The van der Waals surface area contributed by atoms with Gasteiger partial charge in [-0.2, -0.15) is 0 Å². The molecule has 0 aliphatic heterocycles. The Morgan fingerprint density at radius 2 is 2.22 bits per heavy atom. The van der Waals surface area contributed by atoms with Crippen molar-refractivity contribution < 1.29 is 9.53 Å². The average Bonchev–Trinajstić information content (AvgIpc) is 2.36. The highest BCUT2D eigenvalue weighted by Crippen LogP contribution is 2.18. The molecule has 1 rings (SSSR count). The van der Waals surface area contributed by atoms with Crippen LogP contribution < -0.4 is 5.32 Å². The van der Waals surface area contributed by atoms with Gasteiger partial charge in [0.2, 0.25) is 0 Å². The van der Waals surface area contributed by atoms with E-state index >= 15 is 0 Å². The van der Waals surface area contributed by atoms with Crippen LogP contribution in [0.15, 0.2) is 22.7 Å². The Hall–Kier alpha value is -0.140. The van der Waals surface area contributed by atoms with E-state index in [-0.39, 0.29) is 5.91 Å². The maximum atomic E-state index is 11.9. The Morgan fingerprint density at radius 1 is 1.44 bits per heavy atom. The zero-order valence-electron chi connectivity index (χ0n) is 10.3. The molecule has 100 valence electrons. The molecule has 0 unspecified atom stereocenters. The van der Waals surface area contributed by atoms with Crippen LogP contribution in [-0.2, 0) is 4.74 Å². The van der Waals surface area contributed by atoms with E-state index in [9.17, 15) is 4.79 Å². The highest BCUT2D eigenvalue weighted by Gasteiger charge is 2.09. The molecule has 0 atom stereocenters. The van der Waals surface area contributed by atoms with Crippen molar-refractivity contribution in [1.82, 2.24) is 5.32 Å². The van der Waals surface area contributed by atoms with Gasteiger partial charge in [-0.25, -0.2) is 0 Å². The number of nitrogens with one attached hydrogen (secondary N) is 1. The summed E-state index contributed by atoms with van der Waals surface area (Å²) in [5.41, 5.74) is 0.708. The van der Waals surface area contributed by atoms with E-state index in [0.29, 0.717) is 18.7 Å². The predicted molar refractivity (Wildman–Crippen MR) is 84.9 cm³/mol. The first-order valence-electron chi connectivity index (χ1n) is 5.96. The van der Waals surface area contributed by atoms with Crippen LogP contribution in [0.5, 0.6) is 0 Å². The minimum absolute atomic E-state index is 0.0313. The van der Waals surface area contributed by atoms with Gasteiger partial charge < -0.3 is 10.1 Å². The van der Waals surface area contributed by atoms with Crippen LogP contribution in [-0.4, -0.2) is 25.7 Å². The van der Waals surface area contributed by atoms with E-state index in [1.165, 1.54) is 0 Å². The number of carbonyl (C=O) groups is 1. The van der Waals surface area contributed by atoms with E-state index in [2.05, 4.69) is 50.8 Å². The average molecular weight is 426 g/mol. The predicted octanol–water partition coefficient (Wildman–Crippen LogP) is 3.60. The van der Waals surface area contributed by atoms with Gasteiger partial charge in [-0.15, -0.1) is 0 Å². The lowest BCUT2D eigenvalue weighted by molar-refractivity contribution is 0.0940. The molecule has 1 aromatic carbocycles. The third-order valence-electron chi connectivity index (χ3n) is 2.27. The van der Waals surface area contributed by atoms with Crippen LogP contribution in [0.2, 0.25) is 0 Å². The molecule has 3 nitrogen and oxygen atoms in total. The van der Waals surface area contributed by atoms with E-state index in [1.807, 2.05) is 18.2 Å². The van der Waals surface area contributed by atoms with Crippen molar-refractivity contribution in [3.8, 4) is 0 Å². The molecule has 0 saturated heterocycles. The summed E-state index contributed by atoms with van der Waals surface area (Å²) in [4.78, 5) is 11.9. The molecule has 0 aliphatic rings. The zero-order valence-corrected chi connectivity index (χ0v) is 14.1. The summed E-state index contributed by atoms with van der Waals surface area (Å²) < 4.78 is 7.22. The van der Waals surface area contributed by atoms with E-state index < -0.39 is 0 Å². The molecule has 0 fully saturated rings. The molecule has 0 spiro atoms. The maximum Gasteiger partial charge on any atom is 0.252 e. The molecule has 0 saturated carbocycles. The second-order valence-corrected chi connectivity index (χ2v) is 5.92. The number of halogens is 2. The van der Waals surface area contributed by atoms with Crippen LogP contribution in [0, 0.1) is 3.57 Å². The minimum Gasteiger partial charge on any atom is -0.381 e. The molecule has 0 radical (unpaired) electrons. The molecular weight excluding hydrogens is 409 g/mol. The van der Waals surface area contributed by atoms with Crippen molar-refractivity contribution in [2.24, 2.45) is 0 Å². The van der Waals surface area contributed by atoms with Crippen LogP contribution in [0.4, 0.5) is 0 Å². The lowest BCUT2D eigenvalue weighted by Crippen LogP contribution is -2.26. The lowest BCUT2D eigenvalue weighted by atomic mass is 10.2. The van der Waals surface area contributed by atoms with Crippen molar-refractivity contribution >= 4 is 44.4 Å². The quantitative estimate of drug-likeness (QED) is 0.535. The number of rotatable bonds is 7. The Bertz CT molecular complexity index is 399. The van der Waals surface area contributed by atoms with Crippen molar-refractivity contribution in [1.29, 1.82) is 0 Å². The van der Waals surface area contributed by atoms with Gasteiger partial charge in [-0.3, -0.25) is 4.79 Å². The normalized spacial score (nSPS) is 10.4. The molecule has 18 heavy (non-hydrogen) atoms. The number of amides is 1. The zero-order chi connectivity index (χ0) is 13.4. The largest absolute Gasteiger partial charge is 0.381 e. The summed E-state index contributed by atoms with van der Waals surface area (Å²) in [6.45, 7) is 4.21. The summed E-state index contributed by atoms with van der Waals surface area (Å²) in [5, 5.41) is 2.90. The van der Waals surface area contributed by atoms with E-state index in [4.69, 9.17) is 4.74 Å². The molecule has 1 amide bonds. The van der Waals surface area contributed by atoms with Gasteiger partial charge in [0.25, 0.3) is 5.91 Å². The highest BCUT2D eigenvalue weighted by atomic mass is 127. The standard InChI is InChI=1S/C13H17BrINO2/c1-2-7-18-8-3-6-16-13(17)11-9-10(14)4-5-12(11)15/h4-5,9H,2-3,6-8H2,1H3,(H,16,17). The fourth-order valence-corrected chi connectivity index (χ4v) is 2.33. The summed E-state index contributed by atoms with van der Waals surface area (Å²) in [6.07, 6.45) is 1.87. The van der Waals surface area contributed by atoms with Crippen molar-refractivity contribution in [3.05, 3.63) is 31.8 Å². The van der Waals surface area contributed by atoms with Gasteiger partial charge in [-0.1, -0.05) is 22.9 Å². The number of benzene rings is 1. The van der Waals surface area contributed by atoms with Gasteiger partial charge in [0.15, 0.2) is 0 Å². The molecule has 5 heteroatoms. The Labute approximate surface area is 130 Å². The number of carbonyl (C=O) groups excluding carboxylic acids is 1. The summed E-state index contributed by atoms with van der Waals surface area (Å²) in [7, 11) is 0. The van der Waals surface area contributed by atoms with Crippen LogP contribution in [0.1, 0.15) is 30.1 Å². The van der Waals surface area contributed by atoms with Crippen LogP contribution in [0.3, 0.4) is 0 Å². The highest BCUT2D eigenvalue weighted by molar-refractivity contribution is 14.1. The van der Waals surface area contributed by atoms with Crippen molar-refractivity contribution in [3.63, 3.8) is 0 Å². The topological polar surface area (TPSA) is 38.3 Å². The minimum atomic E-state index is -0.0313. The monoisotopic (exact) mass is 425 g/mol. The van der Waals surface area contributed by atoms with Crippen molar-refractivity contribution in [2.75, 3.05) is 19.8 Å². The fourth-order valence-electron chi connectivity index (χ4n) is 1.39. The van der Waals surface area contributed by atoms with Gasteiger partial charge in [0.1, 0.15) is 0 Å². The fraction of sp³-hybridized carbons (Fsp3) is 0.462. The third-order valence-corrected chi connectivity index (χ3v) is 3.71. The SMILES string of the molecule is CCCOCCCNC(=O)c1cc(Br)ccc1I. The number of ether oxygens (including phenoxy) is 1. The first-order chi connectivity index (χ1) is 8.65.